The fourth-order valence-corrected chi connectivity index (χ4v) is 0.712. The van der Waals surface area contributed by atoms with E-state index < -0.39 is 12.8 Å². The Balaban J connectivity index is 2.74. The van der Waals surface area contributed by atoms with Gasteiger partial charge in [-0.15, -0.1) is 0 Å². The van der Waals surface area contributed by atoms with Gasteiger partial charge in [-0.25, -0.2) is 4.39 Å². The van der Waals surface area contributed by atoms with E-state index in [0.717, 1.165) is 0 Å². The van der Waals surface area contributed by atoms with Crippen LogP contribution in [0.1, 0.15) is 17.7 Å². The highest BCUT2D eigenvalue weighted by Gasteiger charge is 2.10. The highest BCUT2D eigenvalue weighted by atomic mass is 19.1. The summed E-state index contributed by atoms with van der Waals surface area (Å²) >= 11 is 0. The van der Waals surface area contributed by atoms with Crippen LogP contribution in [0.5, 0.6) is 0 Å². The molecular formula is C7H9FO2. The van der Waals surface area contributed by atoms with E-state index >= 15 is 0 Å². The van der Waals surface area contributed by atoms with Crippen LogP contribution in [0.15, 0.2) is 16.5 Å². The number of furan rings is 1. The zero-order valence-corrected chi connectivity index (χ0v) is 5.67. The predicted molar refractivity (Wildman–Crippen MR) is 34.4 cm³/mol. The van der Waals surface area contributed by atoms with Gasteiger partial charge in [0, 0.05) is 0 Å². The average molecular weight is 144 g/mol. The number of rotatable bonds is 2. The van der Waals surface area contributed by atoms with Gasteiger partial charge in [-0.05, 0) is 19.1 Å². The molecule has 0 spiro atoms. The first-order valence-electron chi connectivity index (χ1n) is 3.05. The number of aliphatic hydroxyl groups is 1. The second kappa shape index (κ2) is 2.84. The van der Waals surface area contributed by atoms with Crippen LogP contribution in [0, 0.1) is 6.92 Å². The van der Waals surface area contributed by atoms with Crippen molar-refractivity contribution in [3.8, 4) is 0 Å². The van der Waals surface area contributed by atoms with E-state index in [0.29, 0.717) is 5.76 Å². The molecule has 0 aromatic carbocycles. The molecule has 1 aromatic rings. The summed E-state index contributed by atoms with van der Waals surface area (Å²) in [4.78, 5) is 0. The normalized spacial score (nSPS) is 13.5. The molecule has 0 bridgehead atoms. The van der Waals surface area contributed by atoms with E-state index in [4.69, 9.17) is 9.52 Å². The third-order valence-corrected chi connectivity index (χ3v) is 1.23. The van der Waals surface area contributed by atoms with Crippen LogP contribution in [0.2, 0.25) is 0 Å². The van der Waals surface area contributed by atoms with Gasteiger partial charge in [0.1, 0.15) is 11.5 Å². The molecule has 1 N–H and O–H groups in total. The Kier molecular flexibility index (Phi) is 2.06. The molecule has 1 unspecified atom stereocenters. The summed E-state index contributed by atoms with van der Waals surface area (Å²) in [6.45, 7) is 1.21. The third-order valence-electron chi connectivity index (χ3n) is 1.23. The maximum atomic E-state index is 12.5. The number of hydrogen-bond donors (Lipinski definition) is 1. The van der Waals surface area contributed by atoms with Crippen molar-refractivity contribution in [3.63, 3.8) is 0 Å². The summed E-state index contributed by atoms with van der Waals surface area (Å²) < 4.78 is 17.4. The average Bonchev–Trinajstić information content (AvgIpc) is 2.34. The molecule has 1 aromatic heterocycles. The Morgan fingerprint density at radius 1 is 1.70 bits per heavy atom. The lowest BCUT2D eigenvalue weighted by Crippen LogP contribution is -1.94. The molecular weight excluding hydrogens is 135 g/mol. The zero-order chi connectivity index (χ0) is 7.56. The summed E-state index contributed by atoms with van der Waals surface area (Å²) in [6.07, 6.45) is -1.38. The van der Waals surface area contributed by atoms with Gasteiger partial charge in [-0.2, -0.15) is 0 Å². The van der Waals surface area contributed by atoms with Crippen LogP contribution in [0.3, 0.4) is 0 Å². The van der Waals surface area contributed by atoms with Crippen molar-refractivity contribution < 1.29 is 13.9 Å². The Hall–Kier alpha value is -0.830. The van der Waals surface area contributed by atoms with Gasteiger partial charge < -0.3 is 9.52 Å². The number of alkyl halides is 1. The lowest BCUT2D eigenvalue weighted by molar-refractivity contribution is 0.158. The first-order chi connectivity index (χ1) is 4.74. The quantitative estimate of drug-likeness (QED) is 0.683. The molecule has 56 valence electrons. The van der Waals surface area contributed by atoms with Crippen molar-refractivity contribution in [2.75, 3.05) is 6.61 Å². The van der Waals surface area contributed by atoms with Crippen molar-refractivity contribution in [2.24, 2.45) is 0 Å². The van der Waals surface area contributed by atoms with E-state index in [1.165, 1.54) is 6.07 Å². The van der Waals surface area contributed by atoms with Gasteiger partial charge in [0.25, 0.3) is 0 Å². The highest BCUT2D eigenvalue weighted by molar-refractivity contribution is 5.07. The third kappa shape index (κ3) is 1.36. The lowest BCUT2D eigenvalue weighted by atomic mass is 10.3. The standard InChI is InChI=1S/C7H9FO2/c1-5-2-3-7(10-5)6(8)4-9/h2-3,6,9H,4H2,1H3. The predicted octanol–water partition coefficient (Wildman–Crippen LogP) is 1.59. The molecule has 0 saturated carbocycles. The molecule has 0 fully saturated rings. The van der Waals surface area contributed by atoms with Crippen LogP contribution in [-0.2, 0) is 0 Å². The van der Waals surface area contributed by atoms with E-state index in [9.17, 15) is 4.39 Å². The molecule has 1 heterocycles. The van der Waals surface area contributed by atoms with E-state index in [1.807, 2.05) is 0 Å². The monoisotopic (exact) mass is 144 g/mol. The van der Waals surface area contributed by atoms with E-state index in [2.05, 4.69) is 0 Å². The SMILES string of the molecule is Cc1ccc(C(F)CO)o1. The molecule has 0 aliphatic rings. The molecule has 0 saturated heterocycles. The van der Waals surface area contributed by atoms with Gasteiger partial charge in [-0.1, -0.05) is 0 Å². The lowest BCUT2D eigenvalue weighted by Gasteiger charge is -1.97. The Labute approximate surface area is 58.3 Å². The minimum atomic E-state index is -1.38. The smallest absolute Gasteiger partial charge is 0.180 e. The number of hydrogen-bond acceptors (Lipinski definition) is 2. The second-order valence-corrected chi connectivity index (χ2v) is 2.10. The van der Waals surface area contributed by atoms with Crippen LogP contribution in [-0.4, -0.2) is 11.7 Å². The number of halogens is 1. The van der Waals surface area contributed by atoms with Crippen molar-refractivity contribution in [1.82, 2.24) is 0 Å². The number of aliphatic hydroxyl groups excluding tert-OH is 1. The fourth-order valence-electron chi connectivity index (χ4n) is 0.712. The minimum Gasteiger partial charge on any atom is -0.463 e. The topological polar surface area (TPSA) is 33.4 Å². The van der Waals surface area contributed by atoms with E-state index in [-0.39, 0.29) is 5.76 Å². The summed E-state index contributed by atoms with van der Waals surface area (Å²) in [6, 6.07) is 3.19. The maximum absolute atomic E-state index is 12.5. The Morgan fingerprint density at radius 2 is 2.40 bits per heavy atom. The molecule has 0 amide bonds. The van der Waals surface area contributed by atoms with Crippen molar-refractivity contribution >= 4 is 0 Å². The minimum absolute atomic E-state index is 0.194. The first-order valence-corrected chi connectivity index (χ1v) is 3.05. The van der Waals surface area contributed by atoms with Gasteiger partial charge in [0.15, 0.2) is 6.17 Å². The molecule has 0 radical (unpaired) electrons. The van der Waals surface area contributed by atoms with Gasteiger partial charge >= 0.3 is 0 Å². The Bertz CT molecular complexity index is 207. The Morgan fingerprint density at radius 3 is 2.80 bits per heavy atom. The van der Waals surface area contributed by atoms with Crippen LogP contribution >= 0.6 is 0 Å². The van der Waals surface area contributed by atoms with Crippen molar-refractivity contribution in [3.05, 3.63) is 23.7 Å². The van der Waals surface area contributed by atoms with Gasteiger partial charge in [0.05, 0.1) is 6.61 Å². The molecule has 0 aliphatic carbocycles. The summed E-state index contributed by atoms with van der Waals surface area (Å²) in [5.74, 6) is 0.853. The van der Waals surface area contributed by atoms with Crippen LogP contribution < -0.4 is 0 Å². The first kappa shape index (κ1) is 7.28. The summed E-state index contributed by atoms with van der Waals surface area (Å²) in [7, 11) is 0. The molecule has 0 aliphatic heterocycles. The zero-order valence-electron chi connectivity index (χ0n) is 5.67. The highest BCUT2D eigenvalue weighted by Crippen LogP contribution is 2.18. The second-order valence-electron chi connectivity index (χ2n) is 2.10. The maximum Gasteiger partial charge on any atom is 0.180 e. The van der Waals surface area contributed by atoms with Crippen molar-refractivity contribution in [2.45, 2.75) is 13.1 Å². The molecule has 1 atom stereocenters. The van der Waals surface area contributed by atoms with Crippen molar-refractivity contribution in [1.29, 1.82) is 0 Å². The molecule has 3 heteroatoms. The summed E-state index contributed by atoms with van der Waals surface area (Å²) in [5, 5.41) is 8.36. The van der Waals surface area contributed by atoms with Crippen LogP contribution in [0.25, 0.3) is 0 Å². The van der Waals surface area contributed by atoms with E-state index in [1.54, 1.807) is 13.0 Å². The fraction of sp³-hybridized carbons (Fsp3) is 0.429. The largest absolute Gasteiger partial charge is 0.463 e. The van der Waals surface area contributed by atoms with Gasteiger partial charge in [0.2, 0.25) is 0 Å². The number of aryl methyl sites for hydroxylation is 1. The summed E-state index contributed by atoms with van der Waals surface area (Å²) in [5.41, 5.74) is 0. The molecule has 2 nitrogen and oxygen atoms in total. The molecule has 10 heavy (non-hydrogen) atoms. The van der Waals surface area contributed by atoms with Gasteiger partial charge in [-0.3, -0.25) is 0 Å². The van der Waals surface area contributed by atoms with Crippen LogP contribution in [0.4, 0.5) is 4.39 Å². The molecule has 1 rings (SSSR count).